The number of rotatable bonds is 4. The molecule has 0 aromatic heterocycles. The van der Waals surface area contributed by atoms with Crippen molar-refractivity contribution in [1.82, 2.24) is 4.31 Å². The summed E-state index contributed by atoms with van der Waals surface area (Å²) >= 11 is 0. The molecule has 7 nitrogen and oxygen atoms in total. The van der Waals surface area contributed by atoms with E-state index >= 15 is 0 Å². The number of aryl methyl sites for hydroxylation is 1. The van der Waals surface area contributed by atoms with Crippen LogP contribution in [0.25, 0.3) is 0 Å². The van der Waals surface area contributed by atoms with E-state index in [1.807, 2.05) is 25.1 Å². The van der Waals surface area contributed by atoms with Crippen molar-refractivity contribution in [2.75, 3.05) is 31.1 Å². The molecule has 2 saturated heterocycles. The zero-order valence-corrected chi connectivity index (χ0v) is 17.1. The van der Waals surface area contributed by atoms with Crippen LogP contribution in [0.3, 0.4) is 0 Å². The maximum absolute atomic E-state index is 13.0. The minimum absolute atomic E-state index is 0.161. The van der Waals surface area contributed by atoms with Gasteiger partial charge >= 0.3 is 0 Å². The average molecular weight is 415 g/mol. The van der Waals surface area contributed by atoms with Gasteiger partial charge < -0.3 is 4.90 Å². The van der Waals surface area contributed by atoms with Crippen LogP contribution < -0.4 is 9.80 Å². The van der Waals surface area contributed by atoms with Crippen LogP contribution in [0.15, 0.2) is 59.5 Å². The molecule has 152 valence electrons. The van der Waals surface area contributed by atoms with E-state index in [9.17, 15) is 18.0 Å². The number of imide groups is 1. The Labute approximate surface area is 170 Å². The van der Waals surface area contributed by atoms with Crippen molar-refractivity contribution in [2.45, 2.75) is 24.3 Å². The highest BCUT2D eigenvalue weighted by molar-refractivity contribution is 7.89. The zero-order valence-electron chi connectivity index (χ0n) is 16.2. The topological polar surface area (TPSA) is 79.2 Å². The molecule has 29 heavy (non-hydrogen) atoms. The summed E-state index contributed by atoms with van der Waals surface area (Å²) in [6.07, 6.45) is 0.161. The Kier molecular flexibility index (Phi) is 5.24. The summed E-state index contributed by atoms with van der Waals surface area (Å²) in [6.45, 7) is 3.53. The van der Waals surface area contributed by atoms with E-state index in [0.717, 1.165) is 10.5 Å². The summed E-state index contributed by atoms with van der Waals surface area (Å²) in [6, 6.07) is 15.3. The lowest BCUT2D eigenvalue weighted by molar-refractivity contribution is -0.918. The van der Waals surface area contributed by atoms with Crippen LogP contribution in [0.5, 0.6) is 0 Å². The number of hydrogen-bond acceptors (Lipinski definition) is 4. The Morgan fingerprint density at radius 1 is 0.931 bits per heavy atom. The van der Waals surface area contributed by atoms with Crippen LogP contribution in [0.1, 0.15) is 12.0 Å². The molecular formula is C21H24N3O4S+. The number of nitrogens with one attached hydrogen (secondary N) is 1. The average Bonchev–Trinajstić information content (AvgIpc) is 3.03. The smallest absolute Gasteiger partial charge is 0.292 e. The molecule has 0 unspecified atom stereocenters. The molecule has 0 saturated carbocycles. The summed E-state index contributed by atoms with van der Waals surface area (Å²) in [4.78, 5) is 28.1. The number of anilines is 1. The Bertz CT molecular complexity index is 1030. The van der Waals surface area contributed by atoms with E-state index in [4.69, 9.17) is 0 Å². The first kappa shape index (κ1) is 19.8. The zero-order chi connectivity index (χ0) is 20.6. The van der Waals surface area contributed by atoms with Crippen molar-refractivity contribution in [2.24, 2.45) is 0 Å². The lowest BCUT2D eigenvalue weighted by Crippen LogP contribution is -3.19. The molecule has 2 aliphatic heterocycles. The second-order valence-electron chi connectivity index (χ2n) is 7.49. The lowest BCUT2D eigenvalue weighted by atomic mass is 10.1. The monoisotopic (exact) mass is 414 g/mol. The second-order valence-corrected chi connectivity index (χ2v) is 9.42. The Hall–Kier alpha value is -2.55. The van der Waals surface area contributed by atoms with Gasteiger partial charge in [-0.3, -0.25) is 9.59 Å². The fourth-order valence-corrected chi connectivity index (χ4v) is 5.58. The number of amides is 2. The molecule has 0 spiro atoms. The largest absolute Gasteiger partial charge is 0.322 e. The highest BCUT2D eigenvalue weighted by atomic mass is 32.2. The third-order valence-electron chi connectivity index (χ3n) is 5.74. The van der Waals surface area contributed by atoms with Gasteiger partial charge in [0.1, 0.15) is 0 Å². The highest BCUT2D eigenvalue weighted by Gasteiger charge is 2.47. The molecule has 0 bridgehead atoms. The number of carbonyl (C=O) groups is 2. The van der Waals surface area contributed by atoms with Gasteiger partial charge in [0.05, 0.1) is 43.2 Å². The molecule has 0 aliphatic carbocycles. The van der Waals surface area contributed by atoms with Gasteiger partial charge in [-0.2, -0.15) is 4.31 Å². The second kappa shape index (κ2) is 7.70. The predicted molar refractivity (Wildman–Crippen MR) is 108 cm³/mol. The highest BCUT2D eigenvalue weighted by Crippen LogP contribution is 2.25. The molecule has 8 heteroatoms. The van der Waals surface area contributed by atoms with Gasteiger partial charge in [0.15, 0.2) is 6.04 Å². The van der Waals surface area contributed by atoms with Crippen molar-refractivity contribution in [3.63, 3.8) is 0 Å². The van der Waals surface area contributed by atoms with Crippen molar-refractivity contribution >= 4 is 27.5 Å². The van der Waals surface area contributed by atoms with E-state index in [-0.39, 0.29) is 23.1 Å². The van der Waals surface area contributed by atoms with Gasteiger partial charge in [-0.1, -0.05) is 36.4 Å². The van der Waals surface area contributed by atoms with Gasteiger partial charge in [-0.25, -0.2) is 13.3 Å². The van der Waals surface area contributed by atoms with Crippen LogP contribution in [0.2, 0.25) is 0 Å². The summed E-state index contributed by atoms with van der Waals surface area (Å²) in [5.74, 6) is -0.389. The maximum atomic E-state index is 13.0. The molecule has 4 rings (SSSR count). The molecule has 1 atom stereocenters. The van der Waals surface area contributed by atoms with E-state index in [1.54, 1.807) is 36.4 Å². The summed E-state index contributed by atoms with van der Waals surface area (Å²) in [7, 11) is -3.53. The number of carbonyl (C=O) groups excluding carboxylic acids is 2. The molecule has 0 radical (unpaired) electrons. The summed E-state index contributed by atoms with van der Waals surface area (Å²) in [5.41, 5.74) is 1.51. The number of sulfonamides is 1. The summed E-state index contributed by atoms with van der Waals surface area (Å²) in [5, 5.41) is 0. The fourth-order valence-electron chi connectivity index (χ4n) is 4.12. The lowest BCUT2D eigenvalue weighted by Gasteiger charge is -2.33. The maximum Gasteiger partial charge on any atom is 0.292 e. The molecule has 2 aromatic carbocycles. The third kappa shape index (κ3) is 3.59. The van der Waals surface area contributed by atoms with Crippen molar-refractivity contribution in [1.29, 1.82) is 0 Å². The van der Waals surface area contributed by atoms with Crippen molar-refractivity contribution in [3.8, 4) is 0 Å². The Morgan fingerprint density at radius 3 is 2.21 bits per heavy atom. The number of piperazine rings is 1. The van der Waals surface area contributed by atoms with Crippen molar-refractivity contribution < 1.29 is 22.9 Å². The van der Waals surface area contributed by atoms with E-state index in [1.165, 1.54) is 9.21 Å². The van der Waals surface area contributed by atoms with Gasteiger partial charge in [-0.05, 0) is 30.7 Å². The Balaban J connectivity index is 1.46. The standard InChI is InChI=1S/C21H23N3O4S/c1-16-7-5-6-10-18(16)24-20(25)15-19(21(24)26)22-11-13-23(14-12-22)29(27,28)17-8-3-2-4-9-17/h2-10,19H,11-15H2,1H3/p+1/t19-/m1/s1. The van der Waals surface area contributed by atoms with Crippen LogP contribution in [0, 0.1) is 6.92 Å². The van der Waals surface area contributed by atoms with Crippen LogP contribution >= 0.6 is 0 Å². The minimum atomic E-state index is -3.53. The van der Waals surface area contributed by atoms with Gasteiger partial charge in [0, 0.05) is 0 Å². The first-order chi connectivity index (χ1) is 13.9. The number of benzene rings is 2. The van der Waals surface area contributed by atoms with Crippen LogP contribution in [-0.4, -0.2) is 56.8 Å². The SMILES string of the molecule is Cc1ccccc1N1C(=O)C[C@@H]([NH+]2CCN(S(=O)(=O)c3ccccc3)CC2)C1=O. The number of hydrogen-bond donors (Lipinski definition) is 1. The Morgan fingerprint density at radius 2 is 1.55 bits per heavy atom. The molecule has 2 heterocycles. The quantitative estimate of drug-likeness (QED) is 0.726. The molecular weight excluding hydrogens is 390 g/mol. The molecule has 2 fully saturated rings. The summed E-state index contributed by atoms with van der Waals surface area (Å²) < 4.78 is 27.1. The normalized spacial score (nSPS) is 21.7. The number of para-hydroxylation sites is 1. The minimum Gasteiger partial charge on any atom is -0.322 e. The third-order valence-corrected chi connectivity index (χ3v) is 7.65. The van der Waals surface area contributed by atoms with Crippen LogP contribution in [-0.2, 0) is 19.6 Å². The first-order valence-corrected chi connectivity index (χ1v) is 11.2. The molecule has 1 N–H and O–H groups in total. The predicted octanol–water partition coefficient (Wildman–Crippen LogP) is 0.216. The van der Waals surface area contributed by atoms with E-state index in [2.05, 4.69) is 0 Å². The molecule has 2 aliphatic rings. The molecule has 2 amide bonds. The fraction of sp³-hybridized carbons (Fsp3) is 0.333. The van der Waals surface area contributed by atoms with Crippen molar-refractivity contribution in [3.05, 3.63) is 60.2 Å². The van der Waals surface area contributed by atoms with Gasteiger partial charge in [0.2, 0.25) is 15.9 Å². The van der Waals surface area contributed by atoms with Gasteiger partial charge in [-0.15, -0.1) is 0 Å². The number of quaternary nitrogens is 1. The van der Waals surface area contributed by atoms with Gasteiger partial charge in [0.25, 0.3) is 5.91 Å². The molecule has 2 aromatic rings. The number of nitrogens with zero attached hydrogens (tertiary/aromatic N) is 2. The van der Waals surface area contributed by atoms with Crippen LogP contribution in [0.4, 0.5) is 5.69 Å². The van der Waals surface area contributed by atoms with E-state index in [0.29, 0.717) is 31.9 Å². The first-order valence-electron chi connectivity index (χ1n) is 9.72. The van der Waals surface area contributed by atoms with E-state index < -0.39 is 16.1 Å².